The summed E-state index contributed by atoms with van der Waals surface area (Å²) < 4.78 is 12.2. The lowest BCUT2D eigenvalue weighted by molar-refractivity contribution is -0.139. The Labute approximate surface area is 190 Å². The summed E-state index contributed by atoms with van der Waals surface area (Å²) in [4.78, 5) is 27.7. The van der Waals surface area contributed by atoms with Gasteiger partial charge in [0.15, 0.2) is 0 Å². The third kappa shape index (κ3) is 6.25. The highest BCUT2D eigenvalue weighted by atomic mass is 16.5. The second-order valence-electron chi connectivity index (χ2n) is 8.94. The molecule has 6 heteroatoms. The molecule has 2 aromatic rings. The van der Waals surface area contributed by atoms with Crippen LogP contribution in [0.2, 0.25) is 0 Å². The number of nitrogens with one attached hydrogen (secondary N) is 1. The van der Waals surface area contributed by atoms with E-state index in [2.05, 4.69) is 5.32 Å². The average Bonchev–Trinajstić information content (AvgIpc) is 3.19. The van der Waals surface area contributed by atoms with Gasteiger partial charge >= 0.3 is 0 Å². The van der Waals surface area contributed by atoms with Gasteiger partial charge in [-0.1, -0.05) is 64.1 Å². The van der Waals surface area contributed by atoms with Gasteiger partial charge in [-0.05, 0) is 30.2 Å². The van der Waals surface area contributed by atoms with Gasteiger partial charge in [0.05, 0.1) is 12.6 Å². The summed E-state index contributed by atoms with van der Waals surface area (Å²) in [5.74, 6) is 1.12. The highest BCUT2D eigenvalue weighted by molar-refractivity contribution is 5.88. The first-order valence-electron chi connectivity index (χ1n) is 11.4. The van der Waals surface area contributed by atoms with Gasteiger partial charge in [0.25, 0.3) is 0 Å². The van der Waals surface area contributed by atoms with Gasteiger partial charge in [0.1, 0.15) is 30.3 Å². The second-order valence-corrected chi connectivity index (χ2v) is 8.94. The van der Waals surface area contributed by atoms with Crippen LogP contribution in [-0.4, -0.2) is 48.1 Å². The van der Waals surface area contributed by atoms with Gasteiger partial charge in [-0.2, -0.15) is 0 Å². The summed E-state index contributed by atoms with van der Waals surface area (Å²) in [5, 5.41) is 2.94. The van der Waals surface area contributed by atoms with Gasteiger partial charge in [0, 0.05) is 12.3 Å². The van der Waals surface area contributed by atoms with Crippen molar-refractivity contribution in [3.63, 3.8) is 0 Å². The van der Waals surface area contributed by atoms with Crippen molar-refractivity contribution in [3.05, 3.63) is 60.7 Å². The van der Waals surface area contributed by atoms with E-state index < -0.39 is 6.04 Å². The molecule has 1 aliphatic heterocycles. The van der Waals surface area contributed by atoms with E-state index in [1.807, 2.05) is 93.3 Å². The maximum atomic E-state index is 13.6. The highest BCUT2D eigenvalue weighted by Crippen LogP contribution is 2.26. The molecule has 0 unspecified atom stereocenters. The predicted molar refractivity (Wildman–Crippen MR) is 125 cm³/mol. The fourth-order valence-electron chi connectivity index (χ4n) is 3.80. The van der Waals surface area contributed by atoms with Crippen molar-refractivity contribution in [2.45, 2.75) is 52.3 Å². The first-order chi connectivity index (χ1) is 15.3. The molecule has 2 amide bonds. The lowest BCUT2D eigenvalue weighted by Crippen LogP contribution is -2.54. The Bertz CT molecular complexity index is 870. The normalized spacial score (nSPS) is 19.1. The number of carbonyl (C=O) groups excluding carboxylic acids is 2. The third-order valence-electron chi connectivity index (χ3n) is 5.65. The Balaban J connectivity index is 1.75. The zero-order chi connectivity index (χ0) is 23.1. The molecule has 0 aliphatic carbocycles. The van der Waals surface area contributed by atoms with E-state index in [4.69, 9.17) is 9.47 Å². The first-order valence-corrected chi connectivity index (χ1v) is 11.4. The molecule has 0 bridgehead atoms. The fraction of sp³-hybridized carbons (Fsp3) is 0.462. The van der Waals surface area contributed by atoms with Crippen molar-refractivity contribution in [2.75, 3.05) is 13.2 Å². The van der Waals surface area contributed by atoms with E-state index in [0.717, 1.165) is 11.5 Å². The summed E-state index contributed by atoms with van der Waals surface area (Å²) in [7, 11) is 0. The van der Waals surface area contributed by atoms with Crippen molar-refractivity contribution in [1.29, 1.82) is 0 Å². The third-order valence-corrected chi connectivity index (χ3v) is 5.65. The zero-order valence-electron chi connectivity index (χ0n) is 19.4. The number of carbonyl (C=O) groups is 2. The molecule has 1 heterocycles. The van der Waals surface area contributed by atoms with Crippen LogP contribution in [0, 0.1) is 11.8 Å². The van der Waals surface area contributed by atoms with Gasteiger partial charge in [0.2, 0.25) is 11.8 Å². The molecule has 2 aromatic carbocycles. The monoisotopic (exact) mass is 438 g/mol. The van der Waals surface area contributed by atoms with E-state index in [9.17, 15) is 9.59 Å². The Hall–Kier alpha value is -3.02. The number of ether oxygens (including phenoxy) is 2. The van der Waals surface area contributed by atoms with Crippen LogP contribution in [0.1, 0.15) is 34.1 Å². The van der Waals surface area contributed by atoms with Gasteiger partial charge in [-0.15, -0.1) is 0 Å². The predicted octanol–water partition coefficient (Wildman–Crippen LogP) is 3.91. The van der Waals surface area contributed by atoms with Crippen LogP contribution in [0.3, 0.4) is 0 Å². The number of amides is 2. The van der Waals surface area contributed by atoms with Gasteiger partial charge in [-0.3, -0.25) is 9.59 Å². The molecule has 0 aromatic heterocycles. The van der Waals surface area contributed by atoms with E-state index in [1.165, 1.54) is 0 Å². The van der Waals surface area contributed by atoms with Crippen LogP contribution in [0.4, 0.5) is 0 Å². The summed E-state index contributed by atoms with van der Waals surface area (Å²) in [6.07, 6.45) is 0.524. The van der Waals surface area contributed by atoms with Crippen LogP contribution < -0.4 is 14.8 Å². The average molecular weight is 439 g/mol. The van der Waals surface area contributed by atoms with E-state index in [1.54, 1.807) is 0 Å². The van der Waals surface area contributed by atoms with Crippen LogP contribution in [0.5, 0.6) is 11.5 Å². The lowest BCUT2D eigenvalue weighted by Gasteiger charge is -2.31. The number of rotatable bonds is 9. The Morgan fingerprint density at radius 3 is 2.12 bits per heavy atom. The van der Waals surface area contributed by atoms with Crippen LogP contribution in [-0.2, 0) is 9.59 Å². The van der Waals surface area contributed by atoms with Crippen LogP contribution in [0.25, 0.3) is 0 Å². The van der Waals surface area contributed by atoms with Crippen molar-refractivity contribution < 1.29 is 19.1 Å². The number of hydrogen-bond donors (Lipinski definition) is 1. The molecule has 3 rings (SSSR count). The molecular formula is C26H34N2O4. The molecule has 1 fully saturated rings. The minimum Gasteiger partial charge on any atom is -0.491 e. The van der Waals surface area contributed by atoms with E-state index >= 15 is 0 Å². The minimum absolute atomic E-state index is 0.0324. The second kappa shape index (κ2) is 11.0. The Morgan fingerprint density at radius 1 is 0.969 bits per heavy atom. The number of hydrogen-bond acceptors (Lipinski definition) is 4. The Kier molecular flexibility index (Phi) is 8.14. The zero-order valence-corrected chi connectivity index (χ0v) is 19.4. The number of benzene rings is 2. The van der Waals surface area contributed by atoms with Crippen LogP contribution in [0.15, 0.2) is 60.7 Å². The van der Waals surface area contributed by atoms with E-state index in [-0.39, 0.29) is 35.8 Å². The molecule has 1 aliphatic rings. The maximum Gasteiger partial charge on any atom is 0.245 e. The molecule has 1 N–H and O–H groups in total. The summed E-state index contributed by atoms with van der Waals surface area (Å²) in [5.41, 5.74) is 0. The van der Waals surface area contributed by atoms with Crippen molar-refractivity contribution in [2.24, 2.45) is 11.8 Å². The largest absolute Gasteiger partial charge is 0.491 e. The summed E-state index contributed by atoms with van der Waals surface area (Å²) >= 11 is 0. The smallest absolute Gasteiger partial charge is 0.245 e. The summed E-state index contributed by atoms with van der Waals surface area (Å²) in [6, 6.07) is 18.5. The molecule has 6 nitrogen and oxygen atoms in total. The molecule has 1 saturated heterocycles. The molecule has 0 radical (unpaired) electrons. The fourth-order valence-corrected chi connectivity index (χ4v) is 3.80. The minimum atomic E-state index is -0.584. The Morgan fingerprint density at radius 2 is 1.56 bits per heavy atom. The standard InChI is InChI=1S/C26H34N2O4/c1-18(2)24(27-25(29)19(3)4)26(30)28-16-23(32-22-13-9-6-10-14-22)15-20(28)17-31-21-11-7-5-8-12-21/h5-14,18-20,23-24H,15-17H2,1-4H3,(H,27,29)/t20-,23-,24-/m0/s1. The highest BCUT2D eigenvalue weighted by Gasteiger charge is 2.40. The number of likely N-dealkylation sites (tertiary alicyclic amines) is 1. The van der Waals surface area contributed by atoms with Crippen molar-refractivity contribution in [3.8, 4) is 11.5 Å². The molecule has 0 spiro atoms. The van der Waals surface area contributed by atoms with Crippen molar-refractivity contribution in [1.82, 2.24) is 10.2 Å². The lowest BCUT2D eigenvalue weighted by atomic mass is 10.0. The molecule has 3 atom stereocenters. The van der Waals surface area contributed by atoms with Crippen LogP contribution >= 0.6 is 0 Å². The quantitative estimate of drug-likeness (QED) is 0.645. The SMILES string of the molecule is CC(C)C(=O)N[C@H](C(=O)N1C[C@@H](Oc2ccccc2)C[C@H]1COc1ccccc1)C(C)C. The first kappa shape index (κ1) is 23.6. The van der Waals surface area contributed by atoms with Gasteiger partial charge in [-0.25, -0.2) is 0 Å². The molecular weight excluding hydrogens is 404 g/mol. The maximum absolute atomic E-state index is 13.6. The number of para-hydroxylation sites is 2. The molecule has 32 heavy (non-hydrogen) atoms. The topological polar surface area (TPSA) is 67.9 Å². The van der Waals surface area contributed by atoms with E-state index in [0.29, 0.717) is 19.6 Å². The molecule has 0 saturated carbocycles. The van der Waals surface area contributed by atoms with Gasteiger partial charge < -0.3 is 19.7 Å². The number of nitrogens with zero attached hydrogens (tertiary/aromatic N) is 1. The molecule has 172 valence electrons. The summed E-state index contributed by atoms with van der Waals surface area (Å²) in [6.45, 7) is 8.38. The van der Waals surface area contributed by atoms with Crippen molar-refractivity contribution >= 4 is 11.8 Å².